The normalized spacial score (nSPS) is 10.7. The Balaban J connectivity index is 1.62. The van der Waals surface area contributed by atoms with E-state index in [-0.39, 0.29) is 12.5 Å². The fourth-order valence-electron chi connectivity index (χ4n) is 2.69. The summed E-state index contributed by atoms with van der Waals surface area (Å²) in [5, 5.41) is 7.38. The van der Waals surface area contributed by atoms with Crippen LogP contribution in [-0.2, 0) is 4.79 Å². The van der Waals surface area contributed by atoms with E-state index in [1.165, 1.54) is 13.3 Å². The summed E-state index contributed by atoms with van der Waals surface area (Å²) in [6.07, 6.45) is 1.46. The number of nitrogens with one attached hydrogen (secondary N) is 2. The van der Waals surface area contributed by atoms with Gasteiger partial charge in [0, 0.05) is 15.7 Å². The second kappa shape index (κ2) is 12.2. The summed E-state index contributed by atoms with van der Waals surface area (Å²) in [5.41, 5.74) is 4.06. The summed E-state index contributed by atoms with van der Waals surface area (Å²) in [4.78, 5) is 24.4. The van der Waals surface area contributed by atoms with E-state index in [0.29, 0.717) is 42.8 Å². The van der Waals surface area contributed by atoms with Crippen LogP contribution in [0.4, 0.5) is 5.69 Å². The molecule has 0 heterocycles. The number of halogens is 4. The SMILES string of the molecule is COc1cc(/C=N/NC(=O)c2ccc(Br)cc2)cc(Br)c1OCC(=O)Nc1ccc(Cl)c(Cl)c1. The maximum absolute atomic E-state index is 12.3. The van der Waals surface area contributed by atoms with Gasteiger partial charge in [-0.05, 0) is 76.1 Å². The van der Waals surface area contributed by atoms with Gasteiger partial charge in [0.2, 0.25) is 0 Å². The average Bonchev–Trinajstić information content (AvgIpc) is 2.80. The van der Waals surface area contributed by atoms with Gasteiger partial charge in [0.05, 0.1) is 27.8 Å². The van der Waals surface area contributed by atoms with Crippen molar-refractivity contribution in [2.24, 2.45) is 5.10 Å². The zero-order valence-corrected chi connectivity index (χ0v) is 22.3. The lowest BCUT2D eigenvalue weighted by atomic mass is 10.2. The number of benzene rings is 3. The van der Waals surface area contributed by atoms with Crippen molar-refractivity contribution >= 4 is 78.8 Å². The van der Waals surface area contributed by atoms with Gasteiger partial charge in [0.15, 0.2) is 18.1 Å². The van der Waals surface area contributed by atoms with Crippen LogP contribution in [0.5, 0.6) is 11.5 Å². The van der Waals surface area contributed by atoms with Gasteiger partial charge in [-0.2, -0.15) is 5.10 Å². The summed E-state index contributed by atoms with van der Waals surface area (Å²) in [5.74, 6) is -0.0309. The Bertz CT molecular complexity index is 1240. The standard InChI is InChI=1S/C23H17Br2Cl2N3O4/c1-33-20-9-13(11-28-30-23(32)14-2-4-15(24)5-3-14)8-17(25)22(20)34-12-21(31)29-16-6-7-18(26)19(27)10-16/h2-11H,12H2,1H3,(H,29,31)(H,30,32)/b28-11+. The number of nitrogens with zero attached hydrogens (tertiary/aromatic N) is 1. The van der Waals surface area contributed by atoms with Crippen molar-refractivity contribution in [3.63, 3.8) is 0 Å². The van der Waals surface area contributed by atoms with E-state index in [1.807, 2.05) is 0 Å². The van der Waals surface area contributed by atoms with Gasteiger partial charge in [-0.1, -0.05) is 39.1 Å². The summed E-state index contributed by atoms with van der Waals surface area (Å²) in [6.45, 7) is -0.272. The Morgan fingerprint density at radius 2 is 1.76 bits per heavy atom. The summed E-state index contributed by atoms with van der Waals surface area (Å²) in [7, 11) is 1.47. The van der Waals surface area contributed by atoms with Crippen molar-refractivity contribution in [1.82, 2.24) is 5.43 Å². The molecule has 0 unspecified atom stereocenters. The molecule has 0 aliphatic carbocycles. The molecular weight excluding hydrogens is 613 g/mol. The molecule has 0 aromatic heterocycles. The maximum atomic E-state index is 12.3. The predicted molar refractivity (Wildman–Crippen MR) is 140 cm³/mol. The van der Waals surface area contributed by atoms with Crippen LogP contribution < -0.4 is 20.2 Å². The topological polar surface area (TPSA) is 89.0 Å². The lowest BCUT2D eigenvalue weighted by molar-refractivity contribution is -0.118. The van der Waals surface area contributed by atoms with Crippen LogP contribution in [0.15, 0.2) is 68.6 Å². The van der Waals surface area contributed by atoms with Gasteiger partial charge in [-0.3, -0.25) is 9.59 Å². The predicted octanol–water partition coefficient (Wildman–Crippen LogP) is 6.31. The van der Waals surface area contributed by atoms with Crippen molar-refractivity contribution < 1.29 is 19.1 Å². The number of rotatable bonds is 8. The second-order valence-electron chi connectivity index (χ2n) is 6.71. The van der Waals surface area contributed by atoms with E-state index in [1.54, 1.807) is 54.6 Å². The Labute approximate surface area is 222 Å². The Morgan fingerprint density at radius 3 is 2.44 bits per heavy atom. The molecule has 0 bridgehead atoms. The molecule has 0 atom stereocenters. The van der Waals surface area contributed by atoms with Gasteiger partial charge in [0.25, 0.3) is 11.8 Å². The summed E-state index contributed by atoms with van der Waals surface area (Å²) >= 11 is 18.6. The summed E-state index contributed by atoms with van der Waals surface area (Å²) in [6, 6.07) is 15.0. The first-order chi connectivity index (χ1) is 16.3. The van der Waals surface area contributed by atoms with Crippen LogP contribution in [0, 0.1) is 0 Å². The van der Waals surface area contributed by atoms with Gasteiger partial charge >= 0.3 is 0 Å². The third-order valence-electron chi connectivity index (χ3n) is 4.29. The highest BCUT2D eigenvalue weighted by molar-refractivity contribution is 9.10. The lowest BCUT2D eigenvalue weighted by Crippen LogP contribution is -2.20. The molecule has 0 radical (unpaired) electrons. The molecule has 7 nitrogen and oxygen atoms in total. The number of amides is 2. The van der Waals surface area contributed by atoms with Gasteiger partial charge in [-0.15, -0.1) is 0 Å². The number of anilines is 1. The molecule has 176 valence electrons. The molecule has 3 aromatic carbocycles. The second-order valence-corrected chi connectivity index (χ2v) is 9.29. The quantitative estimate of drug-likeness (QED) is 0.226. The minimum absolute atomic E-state index is 0.272. The number of hydrogen-bond acceptors (Lipinski definition) is 5. The van der Waals surface area contributed by atoms with Crippen LogP contribution in [-0.4, -0.2) is 31.7 Å². The average molecular weight is 630 g/mol. The molecule has 2 N–H and O–H groups in total. The van der Waals surface area contributed by atoms with Gasteiger partial charge < -0.3 is 14.8 Å². The minimum Gasteiger partial charge on any atom is -0.493 e. The number of carbonyl (C=O) groups excluding carboxylic acids is 2. The van der Waals surface area contributed by atoms with Crippen molar-refractivity contribution in [2.45, 2.75) is 0 Å². The zero-order valence-electron chi connectivity index (χ0n) is 17.6. The smallest absolute Gasteiger partial charge is 0.271 e. The number of methoxy groups -OCH3 is 1. The molecular formula is C23H17Br2Cl2N3O4. The van der Waals surface area contributed by atoms with E-state index >= 15 is 0 Å². The Morgan fingerprint density at radius 1 is 1.03 bits per heavy atom. The van der Waals surface area contributed by atoms with Crippen molar-refractivity contribution in [1.29, 1.82) is 0 Å². The fourth-order valence-corrected chi connectivity index (χ4v) is 3.83. The first-order valence-corrected chi connectivity index (χ1v) is 11.9. The highest BCUT2D eigenvalue weighted by Gasteiger charge is 2.14. The molecule has 0 spiro atoms. The van der Waals surface area contributed by atoms with E-state index in [2.05, 4.69) is 47.7 Å². The van der Waals surface area contributed by atoms with Crippen LogP contribution in [0.3, 0.4) is 0 Å². The first kappa shape index (κ1) is 26.0. The lowest BCUT2D eigenvalue weighted by Gasteiger charge is -2.13. The monoisotopic (exact) mass is 627 g/mol. The molecule has 0 saturated carbocycles. The molecule has 0 aliphatic heterocycles. The molecule has 0 aliphatic rings. The minimum atomic E-state index is -0.395. The summed E-state index contributed by atoms with van der Waals surface area (Å²) < 4.78 is 12.4. The highest BCUT2D eigenvalue weighted by Crippen LogP contribution is 2.36. The molecule has 0 saturated heterocycles. The van der Waals surface area contributed by atoms with Gasteiger partial charge in [0.1, 0.15) is 0 Å². The van der Waals surface area contributed by atoms with E-state index in [9.17, 15) is 9.59 Å². The van der Waals surface area contributed by atoms with Gasteiger partial charge in [-0.25, -0.2) is 5.43 Å². The number of hydrogen-bond donors (Lipinski definition) is 2. The Kier molecular flexibility index (Phi) is 9.35. The number of ether oxygens (including phenoxy) is 2. The van der Waals surface area contributed by atoms with Crippen molar-refractivity contribution in [3.05, 3.63) is 84.7 Å². The van der Waals surface area contributed by atoms with E-state index in [0.717, 1.165) is 4.47 Å². The third kappa shape index (κ3) is 7.20. The molecule has 0 fully saturated rings. The molecule has 3 rings (SSSR count). The molecule has 11 heteroatoms. The molecule has 2 amide bonds. The maximum Gasteiger partial charge on any atom is 0.271 e. The number of carbonyl (C=O) groups is 2. The van der Waals surface area contributed by atoms with E-state index < -0.39 is 5.91 Å². The van der Waals surface area contributed by atoms with Crippen LogP contribution in [0.1, 0.15) is 15.9 Å². The van der Waals surface area contributed by atoms with Crippen LogP contribution >= 0.6 is 55.1 Å². The van der Waals surface area contributed by atoms with Crippen molar-refractivity contribution in [2.75, 3.05) is 19.0 Å². The Hall–Kier alpha value is -2.59. The number of hydrazone groups is 1. The van der Waals surface area contributed by atoms with Crippen molar-refractivity contribution in [3.8, 4) is 11.5 Å². The molecule has 34 heavy (non-hydrogen) atoms. The fraction of sp³-hybridized carbons (Fsp3) is 0.0870. The molecule has 3 aromatic rings. The largest absolute Gasteiger partial charge is 0.493 e. The zero-order chi connectivity index (χ0) is 24.7. The highest BCUT2D eigenvalue weighted by atomic mass is 79.9. The van der Waals surface area contributed by atoms with E-state index in [4.69, 9.17) is 32.7 Å². The van der Waals surface area contributed by atoms with Crippen LogP contribution in [0.25, 0.3) is 0 Å². The third-order valence-corrected chi connectivity index (χ3v) is 6.15. The first-order valence-electron chi connectivity index (χ1n) is 9.61. The van der Waals surface area contributed by atoms with Crippen LogP contribution in [0.2, 0.25) is 10.0 Å².